The zero-order valence-electron chi connectivity index (χ0n) is 15.9. The summed E-state index contributed by atoms with van der Waals surface area (Å²) in [4.78, 5) is 10.8. The van der Waals surface area contributed by atoms with Gasteiger partial charge >= 0.3 is 5.97 Å². The number of rotatable bonds is 18. The van der Waals surface area contributed by atoms with E-state index >= 15 is 0 Å². The molecule has 0 saturated carbocycles. The Labute approximate surface area is 155 Å². The van der Waals surface area contributed by atoms with Crippen LogP contribution in [0.5, 0.6) is 0 Å². The van der Waals surface area contributed by atoms with Crippen molar-refractivity contribution in [2.45, 2.75) is 109 Å². The molecule has 0 aliphatic rings. The number of alkyl halides is 1. The fourth-order valence-electron chi connectivity index (χ4n) is 2.88. The van der Waals surface area contributed by atoms with Gasteiger partial charge in [-0.25, -0.2) is 4.79 Å². The van der Waals surface area contributed by atoms with Crippen molar-refractivity contribution in [3.8, 4) is 0 Å². The van der Waals surface area contributed by atoms with Crippen molar-refractivity contribution in [3.05, 3.63) is 12.7 Å². The highest BCUT2D eigenvalue weighted by molar-refractivity contribution is 6.20. The molecular formula is C21H39ClO2. The van der Waals surface area contributed by atoms with Crippen LogP contribution in [0.15, 0.2) is 12.7 Å². The van der Waals surface area contributed by atoms with E-state index in [-0.39, 0.29) is 5.97 Å². The first-order valence-corrected chi connectivity index (χ1v) is 10.5. The van der Waals surface area contributed by atoms with Crippen molar-refractivity contribution in [2.24, 2.45) is 0 Å². The SMILES string of the molecule is C=CC(=O)OCCCCCCCCCCCCCCCCC(C)Cl. The smallest absolute Gasteiger partial charge is 0.330 e. The largest absolute Gasteiger partial charge is 0.463 e. The molecule has 1 atom stereocenters. The summed E-state index contributed by atoms with van der Waals surface area (Å²) in [5, 5.41) is 0.347. The van der Waals surface area contributed by atoms with Crippen molar-refractivity contribution < 1.29 is 9.53 Å². The van der Waals surface area contributed by atoms with E-state index in [0.29, 0.717) is 12.0 Å². The molecule has 0 aromatic rings. The molecule has 0 saturated heterocycles. The van der Waals surface area contributed by atoms with Crippen LogP contribution < -0.4 is 0 Å². The molecule has 24 heavy (non-hydrogen) atoms. The average Bonchev–Trinajstić information content (AvgIpc) is 2.57. The van der Waals surface area contributed by atoms with Gasteiger partial charge in [0.25, 0.3) is 0 Å². The normalized spacial score (nSPS) is 12.1. The Morgan fingerprint density at radius 3 is 1.58 bits per heavy atom. The second-order valence-electron chi connectivity index (χ2n) is 6.89. The first kappa shape index (κ1) is 23.5. The van der Waals surface area contributed by atoms with Crippen LogP contribution in [0.1, 0.15) is 103 Å². The van der Waals surface area contributed by atoms with E-state index in [1.54, 1.807) is 0 Å². The van der Waals surface area contributed by atoms with E-state index in [1.165, 1.54) is 89.5 Å². The van der Waals surface area contributed by atoms with Gasteiger partial charge in [-0.3, -0.25) is 0 Å². The first-order valence-electron chi connectivity index (χ1n) is 10.1. The Morgan fingerprint density at radius 2 is 1.21 bits per heavy atom. The molecule has 1 unspecified atom stereocenters. The van der Waals surface area contributed by atoms with Crippen molar-refractivity contribution >= 4 is 17.6 Å². The first-order chi connectivity index (χ1) is 11.7. The second-order valence-corrected chi connectivity index (χ2v) is 7.64. The highest BCUT2D eigenvalue weighted by Gasteiger charge is 1.97. The average molecular weight is 359 g/mol. The van der Waals surface area contributed by atoms with Gasteiger partial charge in [-0.1, -0.05) is 90.0 Å². The van der Waals surface area contributed by atoms with E-state index in [2.05, 4.69) is 13.5 Å². The third-order valence-corrected chi connectivity index (χ3v) is 4.63. The number of ether oxygens (including phenoxy) is 1. The van der Waals surface area contributed by atoms with Gasteiger partial charge in [-0.05, 0) is 19.8 Å². The molecule has 0 aliphatic carbocycles. The number of halogens is 1. The molecule has 0 aromatic heterocycles. The fraction of sp³-hybridized carbons (Fsp3) is 0.857. The number of hydrogen-bond acceptors (Lipinski definition) is 2. The van der Waals surface area contributed by atoms with Crippen molar-refractivity contribution in [2.75, 3.05) is 6.61 Å². The second kappa shape index (κ2) is 18.8. The zero-order valence-corrected chi connectivity index (χ0v) is 16.6. The van der Waals surface area contributed by atoms with Crippen LogP contribution in [-0.4, -0.2) is 18.0 Å². The Kier molecular flexibility index (Phi) is 18.4. The van der Waals surface area contributed by atoms with Crippen molar-refractivity contribution in [1.82, 2.24) is 0 Å². The minimum absolute atomic E-state index is 0.306. The van der Waals surface area contributed by atoms with Gasteiger partial charge in [0.05, 0.1) is 6.61 Å². The highest BCUT2D eigenvalue weighted by atomic mass is 35.5. The Morgan fingerprint density at radius 1 is 0.833 bits per heavy atom. The summed E-state index contributed by atoms with van der Waals surface area (Å²) < 4.78 is 4.95. The molecule has 0 amide bonds. The number of esters is 1. The summed E-state index contributed by atoms with van der Waals surface area (Å²) >= 11 is 5.94. The van der Waals surface area contributed by atoms with E-state index in [9.17, 15) is 4.79 Å². The minimum atomic E-state index is -0.306. The van der Waals surface area contributed by atoms with Gasteiger partial charge in [0.2, 0.25) is 0 Å². The summed E-state index contributed by atoms with van der Waals surface area (Å²) in [7, 11) is 0. The molecule has 3 heteroatoms. The highest BCUT2D eigenvalue weighted by Crippen LogP contribution is 2.14. The molecule has 0 aromatic carbocycles. The minimum Gasteiger partial charge on any atom is -0.463 e. The molecule has 2 nitrogen and oxygen atoms in total. The lowest BCUT2D eigenvalue weighted by Gasteiger charge is -2.04. The van der Waals surface area contributed by atoms with Gasteiger partial charge in [-0.2, -0.15) is 0 Å². The zero-order chi connectivity index (χ0) is 17.9. The molecule has 142 valence electrons. The van der Waals surface area contributed by atoms with Crippen LogP contribution in [0, 0.1) is 0 Å². The van der Waals surface area contributed by atoms with Gasteiger partial charge in [0.15, 0.2) is 0 Å². The topological polar surface area (TPSA) is 26.3 Å². The maximum absolute atomic E-state index is 10.8. The van der Waals surface area contributed by atoms with Crippen LogP contribution >= 0.6 is 11.6 Å². The van der Waals surface area contributed by atoms with Gasteiger partial charge in [0, 0.05) is 11.5 Å². The third-order valence-electron chi connectivity index (χ3n) is 4.41. The summed E-state index contributed by atoms with van der Waals surface area (Å²) in [6.45, 7) is 6.00. The monoisotopic (exact) mass is 358 g/mol. The fourth-order valence-corrected chi connectivity index (χ4v) is 3.03. The third kappa shape index (κ3) is 19.5. The predicted octanol–water partition coefficient (Wildman–Crippen LogP) is 7.19. The molecule has 0 rings (SSSR count). The molecule has 0 fully saturated rings. The lowest BCUT2D eigenvalue weighted by Crippen LogP contribution is -2.01. The Hall–Kier alpha value is -0.500. The van der Waals surface area contributed by atoms with Crippen molar-refractivity contribution in [1.29, 1.82) is 0 Å². The molecule has 0 radical (unpaired) electrons. The predicted molar refractivity (Wildman–Crippen MR) is 106 cm³/mol. The van der Waals surface area contributed by atoms with E-state index in [1.807, 2.05) is 0 Å². The van der Waals surface area contributed by atoms with Crippen LogP contribution in [0.3, 0.4) is 0 Å². The van der Waals surface area contributed by atoms with Crippen LogP contribution in [0.25, 0.3) is 0 Å². The molecule has 0 spiro atoms. The summed E-state index contributed by atoms with van der Waals surface area (Å²) in [5.41, 5.74) is 0. The number of carbonyl (C=O) groups excluding carboxylic acids is 1. The molecular weight excluding hydrogens is 320 g/mol. The summed E-state index contributed by atoms with van der Waals surface area (Å²) in [6, 6.07) is 0. The Bertz CT molecular complexity index is 290. The van der Waals surface area contributed by atoms with Gasteiger partial charge in [-0.15, -0.1) is 11.6 Å². The van der Waals surface area contributed by atoms with E-state index < -0.39 is 0 Å². The molecule has 0 heterocycles. The van der Waals surface area contributed by atoms with Crippen LogP contribution in [0.4, 0.5) is 0 Å². The van der Waals surface area contributed by atoms with Crippen LogP contribution in [0.2, 0.25) is 0 Å². The van der Waals surface area contributed by atoms with Gasteiger partial charge in [0.1, 0.15) is 0 Å². The van der Waals surface area contributed by atoms with E-state index in [4.69, 9.17) is 16.3 Å². The number of unbranched alkanes of at least 4 members (excludes halogenated alkanes) is 13. The Balaban J connectivity index is 3.03. The van der Waals surface area contributed by atoms with E-state index in [0.717, 1.165) is 12.8 Å². The molecule has 0 N–H and O–H groups in total. The van der Waals surface area contributed by atoms with Crippen molar-refractivity contribution in [3.63, 3.8) is 0 Å². The molecule has 0 aliphatic heterocycles. The summed E-state index contributed by atoms with van der Waals surface area (Å²) in [5.74, 6) is -0.306. The van der Waals surface area contributed by atoms with Crippen LogP contribution in [-0.2, 0) is 9.53 Å². The maximum atomic E-state index is 10.8. The molecule has 0 bridgehead atoms. The maximum Gasteiger partial charge on any atom is 0.330 e. The number of hydrogen-bond donors (Lipinski definition) is 0. The summed E-state index contributed by atoms with van der Waals surface area (Å²) in [6.07, 6.45) is 20.8. The lowest BCUT2D eigenvalue weighted by atomic mass is 10.0. The standard InChI is InChI=1S/C21H39ClO2/c1-3-21(23)24-19-17-15-13-11-9-7-5-4-6-8-10-12-14-16-18-20(2)22/h3,20H,1,4-19H2,2H3. The quantitative estimate of drug-likeness (QED) is 0.112. The van der Waals surface area contributed by atoms with Gasteiger partial charge < -0.3 is 4.74 Å². The number of carbonyl (C=O) groups is 1. The lowest BCUT2D eigenvalue weighted by molar-refractivity contribution is -0.137.